The predicted molar refractivity (Wildman–Crippen MR) is 56.3 cm³/mol. The van der Waals surface area contributed by atoms with Gasteiger partial charge in [-0.25, -0.2) is 0 Å². The van der Waals surface area contributed by atoms with Crippen LogP contribution in [0.3, 0.4) is 0 Å². The van der Waals surface area contributed by atoms with Crippen LogP contribution in [0, 0.1) is 5.41 Å². The van der Waals surface area contributed by atoms with Crippen molar-refractivity contribution in [3.8, 4) is 5.75 Å². The van der Waals surface area contributed by atoms with E-state index in [4.69, 9.17) is 0 Å². The Morgan fingerprint density at radius 1 is 1.29 bits per heavy atom. The van der Waals surface area contributed by atoms with E-state index in [2.05, 4.69) is 0 Å². The highest BCUT2D eigenvalue weighted by atomic mass is 16.3. The minimum absolute atomic E-state index is 0.138. The van der Waals surface area contributed by atoms with Crippen molar-refractivity contribution in [2.45, 2.75) is 27.2 Å². The average molecular weight is 192 g/mol. The first kappa shape index (κ1) is 10.8. The Bertz CT molecular complexity index is 334. The number of ketones is 1. The molecular formula is C12H16O2. The first-order chi connectivity index (χ1) is 6.41. The van der Waals surface area contributed by atoms with E-state index in [1.54, 1.807) is 18.2 Å². The molecule has 1 rings (SSSR count). The molecule has 1 aromatic rings. The third-order valence-electron chi connectivity index (χ3n) is 2.18. The lowest BCUT2D eigenvalue weighted by molar-refractivity contribution is -0.125. The summed E-state index contributed by atoms with van der Waals surface area (Å²) in [7, 11) is 0. The van der Waals surface area contributed by atoms with Gasteiger partial charge in [-0.1, -0.05) is 39.0 Å². The molecule has 0 aliphatic carbocycles. The molecule has 0 saturated carbocycles. The van der Waals surface area contributed by atoms with Crippen molar-refractivity contribution >= 4 is 5.78 Å². The van der Waals surface area contributed by atoms with Gasteiger partial charge in [0.05, 0.1) is 0 Å². The number of carbonyl (C=O) groups excluding carboxylic acids is 1. The zero-order valence-corrected chi connectivity index (χ0v) is 8.87. The fourth-order valence-electron chi connectivity index (χ4n) is 1.10. The largest absolute Gasteiger partial charge is 0.508 e. The number of carbonyl (C=O) groups is 1. The Morgan fingerprint density at radius 2 is 1.86 bits per heavy atom. The maximum Gasteiger partial charge on any atom is 0.142 e. The van der Waals surface area contributed by atoms with Crippen LogP contribution in [0.2, 0.25) is 0 Å². The second-order valence-electron chi connectivity index (χ2n) is 4.48. The van der Waals surface area contributed by atoms with E-state index in [9.17, 15) is 9.90 Å². The average Bonchev–Trinajstić information content (AvgIpc) is 2.07. The van der Waals surface area contributed by atoms with Crippen molar-refractivity contribution in [1.82, 2.24) is 0 Å². The summed E-state index contributed by atoms with van der Waals surface area (Å²) in [6, 6.07) is 6.95. The lowest BCUT2D eigenvalue weighted by atomic mass is 9.87. The molecule has 76 valence electrons. The Balaban J connectivity index is 2.80. The molecule has 0 spiro atoms. The Hall–Kier alpha value is -1.31. The fourth-order valence-corrected chi connectivity index (χ4v) is 1.10. The zero-order valence-electron chi connectivity index (χ0n) is 8.87. The van der Waals surface area contributed by atoms with E-state index in [-0.39, 0.29) is 16.9 Å². The number of hydrogen-bond acceptors (Lipinski definition) is 2. The van der Waals surface area contributed by atoms with Crippen LogP contribution in [0.5, 0.6) is 5.75 Å². The molecule has 0 saturated heterocycles. The van der Waals surface area contributed by atoms with Crippen LogP contribution in [0.1, 0.15) is 26.3 Å². The second kappa shape index (κ2) is 3.82. The fraction of sp³-hybridized carbons (Fsp3) is 0.417. The highest BCUT2D eigenvalue weighted by Gasteiger charge is 2.21. The van der Waals surface area contributed by atoms with E-state index in [0.717, 1.165) is 0 Å². The number of Topliss-reactive ketones (excluding diaryl/α,β-unsaturated/α-hetero) is 1. The summed E-state index contributed by atoms with van der Waals surface area (Å²) in [4.78, 5) is 11.7. The van der Waals surface area contributed by atoms with E-state index in [1.165, 1.54) is 0 Å². The molecule has 0 aliphatic rings. The SMILES string of the molecule is CC(C)(C)C(=O)Cc1ccccc1O. The van der Waals surface area contributed by atoms with Crippen LogP contribution in [0.4, 0.5) is 0 Å². The topological polar surface area (TPSA) is 37.3 Å². The molecule has 0 atom stereocenters. The predicted octanol–water partition coefficient (Wildman–Crippen LogP) is 2.55. The molecule has 0 unspecified atom stereocenters. The standard InChI is InChI=1S/C12H16O2/c1-12(2,3)11(14)8-9-6-4-5-7-10(9)13/h4-7,13H,8H2,1-3H3. The smallest absolute Gasteiger partial charge is 0.142 e. The van der Waals surface area contributed by atoms with E-state index in [1.807, 2.05) is 26.8 Å². The highest BCUT2D eigenvalue weighted by Crippen LogP contribution is 2.22. The Morgan fingerprint density at radius 3 is 2.36 bits per heavy atom. The number of benzene rings is 1. The maximum absolute atomic E-state index is 11.7. The summed E-state index contributed by atoms with van der Waals surface area (Å²) < 4.78 is 0. The van der Waals surface area contributed by atoms with Gasteiger partial charge in [-0.15, -0.1) is 0 Å². The number of para-hydroxylation sites is 1. The third-order valence-corrected chi connectivity index (χ3v) is 2.18. The number of hydrogen-bond donors (Lipinski definition) is 1. The third kappa shape index (κ3) is 2.59. The van der Waals surface area contributed by atoms with Crippen molar-refractivity contribution in [3.05, 3.63) is 29.8 Å². The maximum atomic E-state index is 11.7. The Labute approximate surface area is 84.6 Å². The molecule has 2 nitrogen and oxygen atoms in total. The normalized spacial score (nSPS) is 11.4. The van der Waals surface area contributed by atoms with Crippen molar-refractivity contribution in [2.75, 3.05) is 0 Å². The van der Waals surface area contributed by atoms with Crippen LogP contribution in [-0.4, -0.2) is 10.9 Å². The lowest BCUT2D eigenvalue weighted by Gasteiger charge is -2.16. The molecule has 0 aliphatic heterocycles. The quantitative estimate of drug-likeness (QED) is 0.781. The first-order valence-corrected chi connectivity index (χ1v) is 4.71. The minimum Gasteiger partial charge on any atom is -0.508 e. The molecule has 14 heavy (non-hydrogen) atoms. The van der Waals surface area contributed by atoms with Crippen LogP contribution in [0.15, 0.2) is 24.3 Å². The summed E-state index contributed by atoms with van der Waals surface area (Å²) >= 11 is 0. The lowest BCUT2D eigenvalue weighted by Crippen LogP contribution is -2.22. The van der Waals surface area contributed by atoms with Crippen molar-refractivity contribution in [2.24, 2.45) is 5.41 Å². The van der Waals surface area contributed by atoms with Crippen LogP contribution >= 0.6 is 0 Å². The Kier molecular flexibility index (Phi) is 2.94. The summed E-state index contributed by atoms with van der Waals surface area (Å²) in [6.45, 7) is 5.65. The molecule has 1 N–H and O–H groups in total. The molecular weight excluding hydrogens is 176 g/mol. The van der Waals surface area contributed by atoms with Crippen molar-refractivity contribution in [3.63, 3.8) is 0 Å². The van der Waals surface area contributed by atoms with Gasteiger partial charge in [-0.2, -0.15) is 0 Å². The van der Waals surface area contributed by atoms with Gasteiger partial charge in [-0.3, -0.25) is 4.79 Å². The number of phenolic OH excluding ortho intramolecular Hbond substituents is 1. The second-order valence-corrected chi connectivity index (χ2v) is 4.48. The van der Waals surface area contributed by atoms with Gasteiger partial charge in [0, 0.05) is 17.4 Å². The van der Waals surface area contributed by atoms with Gasteiger partial charge < -0.3 is 5.11 Å². The molecule has 0 amide bonds. The molecule has 0 radical (unpaired) electrons. The molecule has 1 aromatic carbocycles. The summed E-state index contributed by atoms with van der Waals surface area (Å²) in [5.41, 5.74) is 0.356. The molecule has 0 fully saturated rings. The highest BCUT2D eigenvalue weighted by molar-refractivity contribution is 5.86. The molecule has 0 heterocycles. The van der Waals surface area contributed by atoms with Crippen LogP contribution in [0.25, 0.3) is 0 Å². The summed E-state index contributed by atoms with van der Waals surface area (Å²) in [5, 5.41) is 9.47. The minimum atomic E-state index is -0.345. The van der Waals surface area contributed by atoms with Crippen LogP contribution in [-0.2, 0) is 11.2 Å². The molecule has 2 heteroatoms. The zero-order chi connectivity index (χ0) is 10.8. The molecule has 0 bridgehead atoms. The van der Waals surface area contributed by atoms with Gasteiger partial charge in [0.2, 0.25) is 0 Å². The van der Waals surface area contributed by atoms with Crippen LogP contribution < -0.4 is 0 Å². The first-order valence-electron chi connectivity index (χ1n) is 4.71. The number of phenols is 1. The van der Waals surface area contributed by atoms with Crippen molar-refractivity contribution in [1.29, 1.82) is 0 Å². The van der Waals surface area contributed by atoms with Gasteiger partial charge in [0.1, 0.15) is 11.5 Å². The molecule has 0 aromatic heterocycles. The van der Waals surface area contributed by atoms with Gasteiger partial charge >= 0.3 is 0 Å². The number of aromatic hydroxyl groups is 1. The van der Waals surface area contributed by atoms with Crippen molar-refractivity contribution < 1.29 is 9.90 Å². The number of rotatable bonds is 2. The van der Waals surface area contributed by atoms with E-state index in [0.29, 0.717) is 12.0 Å². The van der Waals surface area contributed by atoms with E-state index < -0.39 is 0 Å². The van der Waals surface area contributed by atoms with E-state index >= 15 is 0 Å². The van der Waals surface area contributed by atoms with Gasteiger partial charge in [-0.05, 0) is 6.07 Å². The van der Waals surface area contributed by atoms with Gasteiger partial charge in [0.15, 0.2) is 0 Å². The summed E-state index contributed by atoms with van der Waals surface area (Å²) in [5.74, 6) is 0.337. The monoisotopic (exact) mass is 192 g/mol. The van der Waals surface area contributed by atoms with Gasteiger partial charge in [0.25, 0.3) is 0 Å². The summed E-state index contributed by atoms with van der Waals surface area (Å²) in [6.07, 6.45) is 0.302.